The minimum absolute atomic E-state index is 0.206. The molecular weight excluding hydrogens is 586 g/mol. The number of halogens is 1. The Bertz CT molecular complexity index is 1680. The third-order valence-electron chi connectivity index (χ3n) is 6.61. The number of ether oxygens (including phenoxy) is 1. The Kier molecular flexibility index (Phi) is 8.35. The van der Waals surface area contributed by atoms with Crippen molar-refractivity contribution in [1.82, 2.24) is 9.78 Å². The minimum atomic E-state index is -1.03. The Hall–Kier alpha value is -4.63. The molecule has 41 heavy (non-hydrogen) atoms. The molecule has 2 heterocycles. The van der Waals surface area contributed by atoms with Crippen LogP contribution in [-0.4, -0.2) is 32.9 Å². The second kappa shape index (κ2) is 12.3. The lowest BCUT2D eigenvalue weighted by Crippen LogP contribution is -2.29. The number of benzene rings is 3. The maximum atomic E-state index is 12.8. The summed E-state index contributed by atoms with van der Waals surface area (Å²) >= 11 is 3.52. The number of aryl methyl sites for hydroxylation is 1. The van der Waals surface area contributed by atoms with Crippen LogP contribution in [0.1, 0.15) is 33.3 Å². The number of amides is 1. The van der Waals surface area contributed by atoms with E-state index in [9.17, 15) is 14.7 Å². The number of carbonyl (C=O) groups excluding carboxylic acids is 1. The first-order chi connectivity index (χ1) is 19.8. The molecule has 3 aromatic carbocycles. The van der Waals surface area contributed by atoms with Gasteiger partial charge in [-0.2, -0.15) is 5.10 Å². The second-order valence-electron chi connectivity index (χ2n) is 9.60. The maximum Gasteiger partial charge on any atom is 0.345 e. The van der Waals surface area contributed by atoms with Crippen molar-refractivity contribution in [2.45, 2.75) is 32.9 Å². The fourth-order valence-corrected chi connectivity index (χ4v) is 4.71. The van der Waals surface area contributed by atoms with Crippen LogP contribution >= 0.6 is 15.9 Å². The Balaban J connectivity index is 1.22. The number of nitrogens with zero attached hydrogens (tertiary/aromatic N) is 2. The second-order valence-corrected chi connectivity index (χ2v) is 10.4. The van der Waals surface area contributed by atoms with Crippen molar-refractivity contribution in [1.29, 1.82) is 0 Å². The molecule has 5 aromatic rings. The van der Waals surface area contributed by atoms with E-state index in [4.69, 9.17) is 9.15 Å². The SMILES string of the molecule is Cc1nn(Cc2ccc(C(=O)Nc3ccc(-c4cccc(OC(Cc5ccccc5)C(=O)O)c4)cc3)o2)c(C)c1Br. The molecule has 0 aliphatic carbocycles. The summed E-state index contributed by atoms with van der Waals surface area (Å²) in [6, 6.07) is 27.4. The van der Waals surface area contributed by atoms with Gasteiger partial charge in [-0.25, -0.2) is 4.79 Å². The van der Waals surface area contributed by atoms with Crippen LogP contribution in [0.25, 0.3) is 11.1 Å². The largest absolute Gasteiger partial charge is 0.478 e. The van der Waals surface area contributed by atoms with Gasteiger partial charge in [-0.1, -0.05) is 54.6 Å². The molecule has 0 spiro atoms. The first-order valence-electron chi connectivity index (χ1n) is 13.0. The fraction of sp³-hybridized carbons (Fsp3) is 0.156. The van der Waals surface area contributed by atoms with Crippen molar-refractivity contribution in [2.75, 3.05) is 5.32 Å². The van der Waals surface area contributed by atoms with Gasteiger partial charge in [-0.15, -0.1) is 0 Å². The Labute approximate surface area is 245 Å². The normalized spacial score (nSPS) is 11.7. The molecule has 0 bridgehead atoms. The fourth-order valence-electron chi connectivity index (χ4n) is 4.42. The number of aliphatic carboxylic acids is 1. The lowest BCUT2D eigenvalue weighted by Gasteiger charge is -2.16. The molecule has 1 amide bonds. The van der Waals surface area contributed by atoms with Gasteiger partial charge < -0.3 is 19.6 Å². The minimum Gasteiger partial charge on any atom is -0.478 e. The molecule has 5 rings (SSSR count). The summed E-state index contributed by atoms with van der Waals surface area (Å²) in [7, 11) is 0. The Morgan fingerprint density at radius 3 is 2.41 bits per heavy atom. The van der Waals surface area contributed by atoms with Gasteiger partial charge in [0.1, 0.15) is 11.5 Å². The number of carbonyl (C=O) groups is 2. The molecule has 1 unspecified atom stereocenters. The molecular formula is C32H28BrN3O5. The standard InChI is InChI=1S/C32H28BrN3O5/c1-20-30(33)21(2)36(35-20)19-27-15-16-28(41-27)31(37)34-25-13-11-23(12-14-25)24-9-6-10-26(18-24)40-29(32(38)39)17-22-7-4-3-5-8-22/h3-16,18,29H,17,19H2,1-2H3,(H,34,37)(H,38,39). The first-order valence-corrected chi connectivity index (χ1v) is 13.8. The van der Waals surface area contributed by atoms with Crippen LogP contribution in [0.4, 0.5) is 5.69 Å². The van der Waals surface area contributed by atoms with E-state index in [0.717, 1.165) is 32.6 Å². The van der Waals surface area contributed by atoms with Gasteiger partial charge in [-0.3, -0.25) is 9.48 Å². The van der Waals surface area contributed by atoms with Crippen LogP contribution in [0.5, 0.6) is 5.75 Å². The quantitative estimate of drug-likeness (QED) is 0.177. The number of anilines is 1. The summed E-state index contributed by atoms with van der Waals surface area (Å²) in [4.78, 5) is 24.6. The van der Waals surface area contributed by atoms with Crippen LogP contribution in [-0.2, 0) is 17.8 Å². The zero-order valence-electron chi connectivity index (χ0n) is 22.5. The summed E-state index contributed by atoms with van der Waals surface area (Å²) in [6.07, 6.45) is -0.756. The highest BCUT2D eigenvalue weighted by Gasteiger charge is 2.20. The number of carboxylic acids is 1. The highest BCUT2D eigenvalue weighted by molar-refractivity contribution is 9.10. The monoisotopic (exact) mass is 613 g/mol. The number of nitrogens with one attached hydrogen (secondary N) is 1. The molecule has 2 N–H and O–H groups in total. The summed E-state index contributed by atoms with van der Waals surface area (Å²) < 4.78 is 14.4. The van der Waals surface area contributed by atoms with Crippen molar-refractivity contribution in [3.05, 3.63) is 124 Å². The van der Waals surface area contributed by atoms with E-state index in [1.54, 1.807) is 36.4 Å². The zero-order chi connectivity index (χ0) is 28.9. The van der Waals surface area contributed by atoms with Crippen molar-refractivity contribution >= 4 is 33.5 Å². The van der Waals surface area contributed by atoms with Gasteiger partial charge in [-0.05, 0) is 82.9 Å². The molecule has 208 valence electrons. The third-order valence-corrected chi connectivity index (χ3v) is 7.76. The van der Waals surface area contributed by atoms with Gasteiger partial charge in [0.2, 0.25) is 0 Å². The Morgan fingerprint density at radius 2 is 1.73 bits per heavy atom. The lowest BCUT2D eigenvalue weighted by molar-refractivity contribution is -0.145. The average molecular weight is 614 g/mol. The van der Waals surface area contributed by atoms with Crippen molar-refractivity contribution in [2.24, 2.45) is 0 Å². The van der Waals surface area contributed by atoms with Crippen LogP contribution in [0.3, 0.4) is 0 Å². The van der Waals surface area contributed by atoms with Crippen LogP contribution < -0.4 is 10.1 Å². The van der Waals surface area contributed by atoms with E-state index in [-0.39, 0.29) is 18.1 Å². The summed E-state index contributed by atoms with van der Waals surface area (Å²) in [5, 5.41) is 17.0. The van der Waals surface area contributed by atoms with E-state index >= 15 is 0 Å². The van der Waals surface area contributed by atoms with E-state index < -0.39 is 12.1 Å². The summed E-state index contributed by atoms with van der Waals surface area (Å²) in [5.41, 5.74) is 5.12. The number of aromatic nitrogens is 2. The maximum absolute atomic E-state index is 12.8. The number of rotatable bonds is 10. The van der Waals surface area contributed by atoms with E-state index in [0.29, 0.717) is 23.7 Å². The topological polar surface area (TPSA) is 107 Å². The summed E-state index contributed by atoms with van der Waals surface area (Å²) in [6.45, 7) is 4.31. The van der Waals surface area contributed by atoms with E-state index in [1.165, 1.54) is 0 Å². The summed E-state index contributed by atoms with van der Waals surface area (Å²) in [5.74, 6) is -0.0861. The smallest absolute Gasteiger partial charge is 0.345 e. The molecule has 1 atom stereocenters. The molecule has 0 aliphatic heterocycles. The van der Waals surface area contributed by atoms with Crippen LogP contribution in [0.15, 0.2) is 99.9 Å². The molecule has 9 heteroatoms. The predicted octanol–water partition coefficient (Wildman–Crippen LogP) is 6.90. The van der Waals surface area contributed by atoms with Gasteiger partial charge in [0.05, 0.1) is 22.4 Å². The molecule has 0 aliphatic rings. The highest BCUT2D eigenvalue weighted by atomic mass is 79.9. The van der Waals surface area contributed by atoms with Crippen molar-refractivity contribution < 1.29 is 23.8 Å². The Morgan fingerprint density at radius 1 is 0.976 bits per heavy atom. The lowest BCUT2D eigenvalue weighted by atomic mass is 10.0. The third kappa shape index (κ3) is 6.75. The zero-order valence-corrected chi connectivity index (χ0v) is 24.1. The van der Waals surface area contributed by atoms with Gasteiger partial charge >= 0.3 is 5.97 Å². The number of hydrogen-bond acceptors (Lipinski definition) is 5. The number of hydrogen-bond donors (Lipinski definition) is 2. The number of furan rings is 1. The van der Waals surface area contributed by atoms with Crippen LogP contribution in [0.2, 0.25) is 0 Å². The van der Waals surface area contributed by atoms with E-state index in [1.807, 2.05) is 73.1 Å². The molecule has 2 aromatic heterocycles. The van der Waals surface area contributed by atoms with Crippen LogP contribution in [0, 0.1) is 13.8 Å². The van der Waals surface area contributed by atoms with Crippen molar-refractivity contribution in [3.8, 4) is 16.9 Å². The van der Waals surface area contributed by atoms with E-state index in [2.05, 4.69) is 26.3 Å². The molecule has 8 nitrogen and oxygen atoms in total. The predicted molar refractivity (Wildman–Crippen MR) is 159 cm³/mol. The van der Waals surface area contributed by atoms with Gasteiger partial charge in [0.25, 0.3) is 5.91 Å². The van der Waals surface area contributed by atoms with Crippen molar-refractivity contribution in [3.63, 3.8) is 0 Å². The van der Waals surface area contributed by atoms with Gasteiger partial charge in [0, 0.05) is 12.1 Å². The first kappa shape index (κ1) is 27.9. The number of carboxylic acid groups (broad SMARTS) is 1. The molecule has 0 fully saturated rings. The average Bonchev–Trinajstić information content (AvgIpc) is 3.54. The molecule has 0 saturated heterocycles. The molecule has 0 saturated carbocycles. The molecule has 0 radical (unpaired) electrons. The van der Waals surface area contributed by atoms with Gasteiger partial charge in [0.15, 0.2) is 11.9 Å². The highest BCUT2D eigenvalue weighted by Crippen LogP contribution is 2.27.